The van der Waals surface area contributed by atoms with Gasteiger partial charge in [0, 0.05) is 6.42 Å². The second kappa shape index (κ2) is 2.62. The quantitative estimate of drug-likeness (QED) is 0.375. The molecule has 0 aliphatic carbocycles. The standard InChI is InChI=1S/C5H10O4/c6-3-1-4(7)5(8)9-2-3/h3-8H,1-2H2/t3-,4+,5-/m1/s1. The van der Waals surface area contributed by atoms with E-state index in [0.717, 1.165) is 0 Å². The predicted molar refractivity (Wildman–Crippen MR) is 28.6 cm³/mol. The molecule has 1 saturated heterocycles. The van der Waals surface area contributed by atoms with Crippen LogP contribution in [0.5, 0.6) is 0 Å². The fraction of sp³-hybridized carbons (Fsp3) is 1.00. The lowest BCUT2D eigenvalue weighted by atomic mass is 10.1. The van der Waals surface area contributed by atoms with Crippen molar-refractivity contribution in [1.82, 2.24) is 0 Å². The number of hydrogen-bond donors (Lipinski definition) is 3. The summed E-state index contributed by atoms with van der Waals surface area (Å²) in [5.41, 5.74) is 0. The van der Waals surface area contributed by atoms with E-state index < -0.39 is 18.5 Å². The van der Waals surface area contributed by atoms with Crippen LogP contribution in [0.15, 0.2) is 0 Å². The van der Waals surface area contributed by atoms with Crippen LogP contribution in [0.2, 0.25) is 0 Å². The zero-order valence-electron chi connectivity index (χ0n) is 4.90. The molecule has 0 amide bonds. The first-order chi connectivity index (χ1) is 4.20. The molecule has 0 saturated carbocycles. The van der Waals surface area contributed by atoms with E-state index in [0.29, 0.717) is 0 Å². The van der Waals surface area contributed by atoms with Crippen molar-refractivity contribution in [2.75, 3.05) is 6.61 Å². The number of aliphatic hydroxyl groups excluding tert-OH is 3. The Bertz CT molecular complexity index is 95.0. The summed E-state index contributed by atoms with van der Waals surface area (Å²) in [7, 11) is 0. The molecular weight excluding hydrogens is 124 g/mol. The average Bonchev–Trinajstić information content (AvgIpc) is 1.80. The fourth-order valence-electron chi connectivity index (χ4n) is 0.784. The van der Waals surface area contributed by atoms with E-state index >= 15 is 0 Å². The Kier molecular flexibility index (Phi) is 2.02. The Morgan fingerprint density at radius 3 is 2.33 bits per heavy atom. The molecule has 1 fully saturated rings. The normalized spacial score (nSPS) is 45.0. The van der Waals surface area contributed by atoms with Crippen molar-refractivity contribution in [3.8, 4) is 0 Å². The maximum atomic E-state index is 8.81. The van der Waals surface area contributed by atoms with Gasteiger partial charge >= 0.3 is 0 Å². The smallest absolute Gasteiger partial charge is 0.181 e. The van der Waals surface area contributed by atoms with Crippen molar-refractivity contribution in [1.29, 1.82) is 0 Å². The van der Waals surface area contributed by atoms with Gasteiger partial charge in [-0.3, -0.25) is 0 Å². The van der Waals surface area contributed by atoms with E-state index in [4.69, 9.17) is 15.3 Å². The molecule has 3 atom stereocenters. The zero-order chi connectivity index (χ0) is 6.85. The molecule has 9 heavy (non-hydrogen) atoms. The monoisotopic (exact) mass is 134 g/mol. The molecule has 1 aliphatic rings. The summed E-state index contributed by atoms with van der Waals surface area (Å²) < 4.78 is 4.56. The van der Waals surface area contributed by atoms with Crippen LogP contribution in [0.25, 0.3) is 0 Å². The van der Waals surface area contributed by atoms with E-state index in [1.807, 2.05) is 0 Å². The number of ether oxygens (including phenoxy) is 1. The van der Waals surface area contributed by atoms with Gasteiger partial charge in [0.2, 0.25) is 0 Å². The van der Waals surface area contributed by atoms with Crippen molar-refractivity contribution in [2.45, 2.75) is 24.9 Å². The second-order valence-corrected chi connectivity index (χ2v) is 2.18. The molecule has 0 radical (unpaired) electrons. The molecule has 4 nitrogen and oxygen atoms in total. The third kappa shape index (κ3) is 1.62. The van der Waals surface area contributed by atoms with Crippen molar-refractivity contribution in [3.63, 3.8) is 0 Å². The van der Waals surface area contributed by atoms with Crippen LogP contribution in [-0.2, 0) is 4.74 Å². The first kappa shape index (κ1) is 6.95. The first-order valence-corrected chi connectivity index (χ1v) is 2.86. The maximum Gasteiger partial charge on any atom is 0.181 e. The summed E-state index contributed by atoms with van der Waals surface area (Å²) in [4.78, 5) is 0. The molecule has 0 unspecified atom stereocenters. The highest BCUT2D eigenvalue weighted by Crippen LogP contribution is 2.11. The fourth-order valence-corrected chi connectivity index (χ4v) is 0.784. The molecule has 1 aliphatic heterocycles. The molecule has 0 spiro atoms. The van der Waals surface area contributed by atoms with Gasteiger partial charge < -0.3 is 20.1 Å². The van der Waals surface area contributed by atoms with E-state index in [2.05, 4.69) is 4.74 Å². The first-order valence-electron chi connectivity index (χ1n) is 2.86. The van der Waals surface area contributed by atoms with Crippen LogP contribution in [0.3, 0.4) is 0 Å². The molecular formula is C5H10O4. The van der Waals surface area contributed by atoms with Crippen molar-refractivity contribution in [2.24, 2.45) is 0 Å². The van der Waals surface area contributed by atoms with Crippen LogP contribution in [0, 0.1) is 0 Å². The van der Waals surface area contributed by atoms with E-state index in [1.165, 1.54) is 0 Å². The van der Waals surface area contributed by atoms with Gasteiger partial charge in [-0.25, -0.2) is 0 Å². The molecule has 1 heterocycles. The van der Waals surface area contributed by atoms with E-state index in [1.54, 1.807) is 0 Å². The third-order valence-corrected chi connectivity index (χ3v) is 1.30. The van der Waals surface area contributed by atoms with Gasteiger partial charge in [-0.05, 0) is 0 Å². The Hall–Kier alpha value is -0.160. The summed E-state index contributed by atoms with van der Waals surface area (Å²) >= 11 is 0. The highest BCUT2D eigenvalue weighted by Gasteiger charge is 2.26. The molecule has 54 valence electrons. The summed E-state index contributed by atoms with van der Waals surface area (Å²) in [6, 6.07) is 0. The van der Waals surface area contributed by atoms with E-state index in [9.17, 15) is 0 Å². The minimum atomic E-state index is -1.12. The molecule has 0 aromatic rings. The highest BCUT2D eigenvalue weighted by molar-refractivity contribution is 4.70. The van der Waals surface area contributed by atoms with Crippen LogP contribution >= 0.6 is 0 Å². The van der Waals surface area contributed by atoms with Crippen molar-refractivity contribution in [3.05, 3.63) is 0 Å². The van der Waals surface area contributed by atoms with Crippen LogP contribution < -0.4 is 0 Å². The zero-order valence-corrected chi connectivity index (χ0v) is 4.90. The highest BCUT2D eigenvalue weighted by atomic mass is 16.6. The third-order valence-electron chi connectivity index (χ3n) is 1.30. The summed E-state index contributed by atoms with van der Waals surface area (Å²) in [6.07, 6.45) is -2.49. The lowest BCUT2D eigenvalue weighted by molar-refractivity contribution is -0.211. The molecule has 1 rings (SSSR count). The largest absolute Gasteiger partial charge is 0.391 e. The summed E-state index contributed by atoms with van der Waals surface area (Å²) in [5, 5.41) is 26.3. The lowest BCUT2D eigenvalue weighted by Gasteiger charge is -2.26. The van der Waals surface area contributed by atoms with Crippen LogP contribution in [0.1, 0.15) is 6.42 Å². The average molecular weight is 134 g/mol. The van der Waals surface area contributed by atoms with Gasteiger partial charge in [0.1, 0.15) is 6.10 Å². The van der Waals surface area contributed by atoms with Gasteiger partial charge in [-0.1, -0.05) is 0 Å². The number of hydrogen-bond acceptors (Lipinski definition) is 4. The maximum absolute atomic E-state index is 8.81. The minimum Gasteiger partial charge on any atom is -0.391 e. The summed E-state index contributed by atoms with van der Waals surface area (Å²) in [5.74, 6) is 0. The second-order valence-electron chi connectivity index (χ2n) is 2.18. The van der Waals surface area contributed by atoms with Gasteiger partial charge in [-0.15, -0.1) is 0 Å². The Morgan fingerprint density at radius 1 is 1.22 bits per heavy atom. The Balaban J connectivity index is 2.35. The Labute approximate surface area is 52.7 Å². The SMILES string of the molecule is O[C@H]1CO[C@@H](O)[C@@H](O)C1. The van der Waals surface area contributed by atoms with Crippen molar-refractivity contribution >= 4 is 0 Å². The molecule has 0 aromatic carbocycles. The number of aliphatic hydroxyl groups is 3. The van der Waals surface area contributed by atoms with Crippen LogP contribution in [0.4, 0.5) is 0 Å². The Morgan fingerprint density at radius 2 is 1.89 bits per heavy atom. The van der Waals surface area contributed by atoms with Gasteiger partial charge in [0.15, 0.2) is 6.29 Å². The molecule has 0 aromatic heterocycles. The van der Waals surface area contributed by atoms with Crippen LogP contribution in [-0.4, -0.2) is 40.4 Å². The minimum absolute atomic E-state index is 0.109. The number of rotatable bonds is 0. The van der Waals surface area contributed by atoms with Gasteiger partial charge in [0.05, 0.1) is 12.7 Å². The molecule has 0 bridgehead atoms. The topological polar surface area (TPSA) is 69.9 Å². The van der Waals surface area contributed by atoms with Gasteiger partial charge in [-0.2, -0.15) is 0 Å². The predicted octanol–water partition coefficient (Wildman–Crippen LogP) is -1.55. The van der Waals surface area contributed by atoms with Gasteiger partial charge in [0.25, 0.3) is 0 Å². The lowest BCUT2D eigenvalue weighted by Crippen LogP contribution is -2.40. The van der Waals surface area contributed by atoms with Crippen molar-refractivity contribution < 1.29 is 20.1 Å². The summed E-state index contributed by atoms with van der Waals surface area (Å²) in [6.45, 7) is 0.109. The molecule has 4 heteroatoms. The van der Waals surface area contributed by atoms with E-state index in [-0.39, 0.29) is 13.0 Å². The molecule has 3 N–H and O–H groups in total.